The molecule has 0 radical (unpaired) electrons. The fourth-order valence-electron chi connectivity index (χ4n) is 4.21. The molecule has 2 aliphatic carbocycles. The Kier molecular flexibility index (Phi) is 4.17. The third-order valence-corrected chi connectivity index (χ3v) is 5.15. The zero-order valence-electron chi connectivity index (χ0n) is 12.0. The molecular weight excluding hydrogens is 232 g/mol. The van der Waals surface area contributed by atoms with Crippen LogP contribution in [0.1, 0.15) is 57.1 Å². The molecule has 0 spiro atoms. The summed E-state index contributed by atoms with van der Waals surface area (Å²) in [5, 5.41) is 3.73. The van der Waals surface area contributed by atoms with Gasteiger partial charge >= 0.3 is 0 Å². The molecule has 4 atom stereocenters. The highest BCUT2D eigenvalue weighted by molar-refractivity contribution is 5.14. The van der Waals surface area contributed by atoms with Crippen molar-refractivity contribution in [2.45, 2.75) is 51.5 Å². The molecule has 0 amide bonds. The number of hydrogen-bond acceptors (Lipinski definition) is 2. The first kappa shape index (κ1) is 13.1. The van der Waals surface area contributed by atoms with E-state index < -0.39 is 0 Å². The van der Waals surface area contributed by atoms with Gasteiger partial charge in [0.05, 0.1) is 0 Å². The SMILES string of the molecule is CCCNC(CC1CC2CCC1C2)c1cccnc1. The molecule has 0 saturated heterocycles. The standard InChI is InChI=1S/C17H26N2/c1-2-7-19-17(15-4-3-8-18-12-15)11-16-10-13-5-6-14(16)9-13/h3-4,8,12-14,16-17,19H,2,5-7,9-11H2,1H3. The van der Waals surface area contributed by atoms with Crippen molar-refractivity contribution < 1.29 is 0 Å². The maximum Gasteiger partial charge on any atom is 0.0338 e. The predicted octanol–water partition coefficient (Wildman–Crippen LogP) is 3.95. The minimum absolute atomic E-state index is 0.512. The van der Waals surface area contributed by atoms with Gasteiger partial charge in [-0.3, -0.25) is 4.98 Å². The number of aromatic nitrogens is 1. The van der Waals surface area contributed by atoms with Gasteiger partial charge in [-0.25, -0.2) is 0 Å². The average Bonchev–Trinajstić information content (AvgIpc) is 3.07. The summed E-state index contributed by atoms with van der Waals surface area (Å²) >= 11 is 0. The zero-order chi connectivity index (χ0) is 13.1. The quantitative estimate of drug-likeness (QED) is 0.835. The van der Waals surface area contributed by atoms with E-state index in [0.29, 0.717) is 6.04 Å². The number of rotatable bonds is 6. The highest BCUT2D eigenvalue weighted by atomic mass is 14.9. The van der Waals surface area contributed by atoms with Crippen molar-refractivity contribution >= 4 is 0 Å². The Bertz CT molecular complexity index is 390. The van der Waals surface area contributed by atoms with Crippen molar-refractivity contribution in [2.75, 3.05) is 6.54 Å². The van der Waals surface area contributed by atoms with Gasteiger partial charge in [-0.05, 0) is 68.0 Å². The number of nitrogens with one attached hydrogen (secondary N) is 1. The highest BCUT2D eigenvalue weighted by Crippen LogP contribution is 2.50. The predicted molar refractivity (Wildman–Crippen MR) is 78.8 cm³/mol. The average molecular weight is 258 g/mol. The van der Waals surface area contributed by atoms with E-state index in [4.69, 9.17) is 0 Å². The van der Waals surface area contributed by atoms with Gasteiger partial charge in [0.1, 0.15) is 0 Å². The first-order valence-corrected chi connectivity index (χ1v) is 8.00. The van der Waals surface area contributed by atoms with Crippen LogP contribution in [0.3, 0.4) is 0 Å². The van der Waals surface area contributed by atoms with Crippen LogP contribution in [0.4, 0.5) is 0 Å². The summed E-state index contributed by atoms with van der Waals surface area (Å²) in [6, 6.07) is 4.81. The van der Waals surface area contributed by atoms with Gasteiger partial charge in [0.15, 0.2) is 0 Å². The maximum absolute atomic E-state index is 4.30. The van der Waals surface area contributed by atoms with E-state index in [2.05, 4.69) is 29.4 Å². The number of fused-ring (bicyclic) bond motifs is 2. The Balaban J connectivity index is 1.66. The third-order valence-electron chi connectivity index (χ3n) is 5.15. The molecule has 19 heavy (non-hydrogen) atoms. The molecular formula is C17H26N2. The van der Waals surface area contributed by atoms with Crippen LogP contribution in [0.2, 0.25) is 0 Å². The molecule has 1 aromatic heterocycles. The van der Waals surface area contributed by atoms with Crippen LogP contribution in [-0.4, -0.2) is 11.5 Å². The molecule has 1 aromatic rings. The second kappa shape index (κ2) is 6.04. The molecule has 3 rings (SSSR count). The van der Waals surface area contributed by atoms with E-state index in [0.717, 1.165) is 24.3 Å². The molecule has 2 aliphatic rings. The van der Waals surface area contributed by atoms with Crippen LogP contribution in [-0.2, 0) is 0 Å². The van der Waals surface area contributed by atoms with E-state index in [1.165, 1.54) is 44.1 Å². The molecule has 4 unspecified atom stereocenters. The van der Waals surface area contributed by atoms with Crippen molar-refractivity contribution in [2.24, 2.45) is 17.8 Å². The van der Waals surface area contributed by atoms with E-state index in [-0.39, 0.29) is 0 Å². The second-order valence-electron chi connectivity index (χ2n) is 6.46. The summed E-state index contributed by atoms with van der Waals surface area (Å²) in [4.78, 5) is 4.30. The van der Waals surface area contributed by atoms with Gasteiger partial charge in [-0.15, -0.1) is 0 Å². The minimum atomic E-state index is 0.512. The van der Waals surface area contributed by atoms with Crippen LogP contribution < -0.4 is 5.32 Å². The molecule has 2 fully saturated rings. The summed E-state index contributed by atoms with van der Waals surface area (Å²) in [6.45, 7) is 3.35. The van der Waals surface area contributed by atoms with Crippen LogP contribution >= 0.6 is 0 Å². The van der Waals surface area contributed by atoms with E-state index in [9.17, 15) is 0 Å². The topological polar surface area (TPSA) is 24.9 Å². The van der Waals surface area contributed by atoms with E-state index in [1.54, 1.807) is 0 Å². The van der Waals surface area contributed by atoms with Gasteiger partial charge < -0.3 is 5.32 Å². The highest BCUT2D eigenvalue weighted by Gasteiger charge is 2.40. The summed E-state index contributed by atoms with van der Waals surface area (Å²) in [5.41, 5.74) is 1.37. The molecule has 104 valence electrons. The van der Waals surface area contributed by atoms with Crippen LogP contribution in [0.15, 0.2) is 24.5 Å². The zero-order valence-corrected chi connectivity index (χ0v) is 12.0. The molecule has 2 saturated carbocycles. The Morgan fingerprint density at radius 2 is 2.32 bits per heavy atom. The molecule has 2 nitrogen and oxygen atoms in total. The molecule has 2 heteroatoms. The lowest BCUT2D eigenvalue weighted by molar-refractivity contribution is 0.279. The normalized spacial score (nSPS) is 30.7. The summed E-state index contributed by atoms with van der Waals surface area (Å²) in [6.07, 6.45) is 12.4. The van der Waals surface area contributed by atoms with Gasteiger partial charge in [0.25, 0.3) is 0 Å². The summed E-state index contributed by atoms with van der Waals surface area (Å²) in [5.74, 6) is 3.02. The monoisotopic (exact) mass is 258 g/mol. The number of pyridine rings is 1. The summed E-state index contributed by atoms with van der Waals surface area (Å²) in [7, 11) is 0. The Labute approximate surface area is 117 Å². The smallest absolute Gasteiger partial charge is 0.0338 e. The van der Waals surface area contributed by atoms with Crippen molar-refractivity contribution in [1.29, 1.82) is 0 Å². The van der Waals surface area contributed by atoms with Crippen molar-refractivity contribution in [3.05, 3.63) is 30.1 Å². The fourth-order valence-corrected chi connectivity index (χ4v) is 4.21. The van der Waals surface area contributed by atoms with Gasteiger partial charge in [0, 0.05) is 18.4 Å². The van der Waals surface area contributed by atoms with Gasteiger partial charge in [-0.1, -0.05) is 19.4 Å². The Morgan fingerprint density at radius 1 is 1.37 bits per heavy atom. The molecule has 2 bridgehead atoms. The Morgan fingerprint density at radius 3 is 2.95 bits per heavy atom. The first-order valence-electron chi connectivity index (χ1n) is 8.00. The lowest BCUT2D eigenvalue weighted by Gasteiger charge is -2.27. The van der Waals surface area contributed by atoms with Crippen molar-refractivity contribution in [1.82, 2.24) is 10.3 Å². The molecule has 1 N–H and O–H groups in total. The van der Waals surface area contributed by atoms with Crippen molar-refractivity contribution in [3.63, 3.8) is 0 Å². The molecule has 0 aromatic carbocycles. The minimum Gasteiger partial charge on any atom is -0.310 e. The van der Waals surface area contributed by atoms with Crippen LogP contribution in [0.5, 0.6) is 0 Å². The lowest BCUT2D eigenvalue weighted by Crippen LogP contribution is -2.26. The molecule has 1 heterocycles. The van der Waals surface area contributed by atoms with E-state index in [1.807, 2.05) is 12.4 Å². The summed E-state index contributed by atoms with van der Waals surface area (Å²) < 4.78 is 0. The lowest BCUT2D eigenvalue weighted by atomic mass is 9.83. The first-order chi connectivity index (χ1) is 9.36. The Hall–Kier alpha value is -0.890. The number of nitrogens with zero attached hydrogens (tertiary/aromatic N) is 1. The fraction of sp³-hybridized carbons (Fsp3) is 0.706. The third kappa shape index (κ3) is 3.00. The van der Waals surface area contributed by atoms with Crippen molar-refractivity contribution in [3.8, 4) is 0 Å². The maximum atomic E-state index is 4.30. The van der Waals surface area contributed by atoms with Crippen LogP contribution in [0, 0.1) is 17.8 Å². The largest absolute Gasteiger partial charge is 0.310 e. The second-order valence-corrected chi connectivity index (χ2v) is 6.46. The van der Waals surface area contributed by atoms with Crippen LogP contribution in [0.25, 0.3) is 0 Å². The van der Waals surface area contributed by atoms with Gasteiger partial charge in [0.2, 0.25) is 0 Å². The molecule has 0 aliphatic heterocycles. The van der Waals surface area contributed by atoms with E-state index >= 15 is 0 Å². The van der Waals surface area contributed by atoms with Gasteiger partial charge in [-0.2, -0.15) is 0 Å². The number of hydrogen-bond donors (Lipinski definition) is 1.